The van der Waals surface area contributed by atoms with Crippen LogP contribution in [0.5, 0.6) is 11.5 Å². The van der Waals surface area contributed by atoms with Gasteiger partial charge in [-0.05, 0) is 31.7 Å². The highest BCUT2D eigenvalue weighted by atomic mass is 16.5. The van der Waals surface area contributed by atoms with Gasteiger partial charge in [-0.15, -0.1) is 0 Å². The van der Waals surface area contributed by atoms with Crippen LogP contribution in [-0.4, -0.2) is 43.9 Å². The van der Waals surface area contributed by atoms with Crippen LogP contribution in [-0.2, 0) is 0 Å². The van der Waals surface area contributed by atoms with Gasteiger partial charge in [-0.25, -0.2) is 0 Å². The van der Waals surface area contributed by atoms with E-state index in [0.717, 1.165) is 5.56 Å². The second kappa shape index (κ2) is 7.62. The molecule has 1 unspecified atom stereocenters. The molecule has 0 fully saturated rings. The van der Waals surface area contributed by atoms with E-state index in [2.05, 4.69) is 6.07 Å². The van der Waals surface area contributed by atoms with E-state index in [0.29, 0.717) is 24.7 Å². The van der Waals surface area contributed by atoms with Crippen LogP contribution in [0.15, 0.2) is 18.2 Å². The molecule has 19 heavy (non-hydrogen) atoms. The van der Waals surface area contributed by atoms with Crippen LogP contribution in [0.3, 0.4) is 0 Å². The summed E-state index contributed by atoms with van der Waals surface area (Å²) in [6, 6.07) is 7.24. The van der Waals surface area contributed by atoms with E-state index >= 15 is 0 Å². The Morgan fingerprint density at radius 3 is 2.68 bits per heavy atom. The van der Waals surface area contributed by atoms with Crippen molar-refractivity contribution in [3.05, 3.63) is 23.8 Å². The lowest BCUT2D eigenvalue weighted by Crippen LogP contribution is -2.26. The number of benzene rings is 1. The van der Waals surface area contributed by atoms with E-state index in [1.165, 1.54) is 0 Å². The van der Waals surface area contributed by atoms with Gasteiger partial charge >= 0.3 is 0 Å². The van der Waals surface area contributed by atoms with E-state index in [9.17, 15) is 5.26 Å². The molecule has 5 heteroatoms. The van der Waals surface area contributed by atoms with E-state index in [-0.39, 0.29) is 6.61 Å². The molecule has 0 aliphatic heterocycles. The number of hydrogen-bond donors (Lipinski definition) is 1. The average Bonchev–Trinajstić information content (AvgIpc) is 2.40. The number of rotatable bonds is 7. The lowest BCUT2D eigenvalue weighted by Gasteiger charge is -2.22. The summed E-state index contributed by atoms with van der Waals surface area (Å²) in [5.74, 6) is 1.27. The van der Waals surface area contributed by atoms with Crippen molar-refractivity contribution in [2.75, 3.05) is 33.9 Å². The SMILES string of the molecule is CCOc1cc(C(C#N)N(C)CCO)ccc1OC. The summed E-state index contributed by atoms with van der Waals surface area (Å²) in [7, 11) is 3.38. The Morgan fingerprint density at radius 1 is 1.42 bits per heavy atom. The summed E-state index contributed by atoms with van der Waals surface area (Å²) in [5, 5.41) is 18.2. The molecule has 1 rings (SSSR count). The minimum Gasteiger partial charge on any atom is -0.493 e. The largest absolute Gasteiger partial charge is 0.493 e. The molecule has 0 spiro atoms. The number of nitriles is 1. The highest BCUT2D eigenvalue weighted by Crippen LogP contribution is 2.31. The van der Waals surface area contributed by atoms with Crippen molar-refractivity contribution in [2.24, 2.45) is 0 Å². The molecule has 0 bridgehead atoms. The number of ether oxygens (including phenoxy) is 2. The first-order valence-corrected chi connectivity index (χ1v) is 6.19. The summed E-state index contributed by atoms with van der Waals surface area (Å²) >= 11 is 0. The lowest BCUT2D eigenvalue weighted by atomic mass is 10.1. The lowest BCUT2D eigenvalue weighted by molar-refractivity contribution is 0.202. The zero-order chi connectivity index (χ0) is 14.3. The topological polar surface area (TPSA) is 65.7 Å². The van der Waals surface area contributed by atoms with Gasteiger partial charge in [0.05, 0.1) is 26.4 Å². The van der Waals surface area contributed by atoms with Crippen molar-refractivity contribution in [2.45, 2.75) is 13.0 Å². The summed E-state index contributed by atoms with van der Waals surface area (Å²) < 4.78 is 10.7. The summed E-state index contributed by atoms with van der Waals surface area (Å²) in [4.78, 5) is 1.79. The molecule has 5 nitrogen and oxygen atoms in total. The molecule has 0 aliphatic carbocycles. The predicted octanol–water partition coefficient (Wildman–Crippen LogP) is 1.58. The molecule has 0 amide bonds. The quantitative estimate of drug-likeness (QED) is 0.810. The van der Waals surface area contributed by atoms with Crippen molar-refractivity contribution in [1.82, 2.24) is 4.90 Å². The van der Waals surface area contributed by atoms with E-state index in [4.69, 9.17) is 14.6 Å². The smallest absolute Gasteiger partial charge is 0.161 e. The van der Waals surface area contributed by atoms with Gasteiger partial charge in [0.2, 0.25) is 0 Å². The van der Waals surface area contributed by atoms with Crippen LogP contribution < -0.4 is 9.47 Å². The van der Waals surface area contributed by atoms with Gasteiger partial charge in [-0.2, -0.15) is 5.26 Å². The van der Waals surface area contributed by atoms with Crippen molar-refractivity contribution in [3.8, 4) is 17.6 Å². The normalized spacial score (nSPS) is 12.0. The second-order valence-corrected chi connectivity index (χ2v) is 4.08. The summed E-state index contributed by atoms with van der Waals surface area (Å²) in [6.07, 6.45) is 0. The number of aliphatic hydroxyl groups excluding tert-OH is 1. The molecule has 0 aliphatic rings. The fraction of sp³-hybridized carbons (Fsp3) is 0.500. The van der Waals surface area contributed by atoms with Gasteiger partial charge < -0.3 is 14.6 Å². The minimum atomic E-state index is -0.419. The molecule has 0 saturated heterocycles. The maximum absolute atomic E-state index is 9.28. The zero-order valence-electron chi connectivity index (χ0n) is 11.6. The van der Waals surface area contributed by atoms with Crippen LogP contribution in [0.2, 0.25) is 0 Å². The average molecular weight is 264 g/mol. The standard InChI is InChI=1S/C14H20N2O3/c1-4-19-14-9-11(5-6-13(14)18-3)12(10-15)16(2)7-8-17/h5-6,9,12,17H,4,7-8H2,1-3H3. The number of likely N-dealkylation sites (N-methyl/N-ethyl adjacent to an activating group) is 1. The van der Waals surface area contributed by atoms with Gasteiger partial charge in [0.1, 0.15) is 6.04 Å². The predicted molar refractivity (Wildman–Crippen MR) is 72.2 cm³/mol. The molecule has 104 valence electrons. The van der Waals surface area contributed by atoms with E-state index in [1.807, 2.05) is 19.1 Å². The van der Waals surface area contributed by atoms with E-state index in [1.54, 1.807) is 25.1 Å². The Labute approximate surface area is 114 Å². The zero-order valence-corrected chi connectivity index (χ0v) is 11.6. The first-order valence-electron chi connectivity index (χ1n) is 6.19. The number of hydrogen-bond acceptors (Lipinski definition) is 5. The fourth-order valence-electron chi connectivity index (χ4n) is 1.85. The van der Waals surface area contributed by atoms with Gasteiger partial charge in [0, 0.05) is 6.54 Å². The molecule has 0 aromatic heterocycles. The van der Waals surface area contributed by atoms with Gasteiger partial charge in [0.15, 0.2) is 11.5 Å². The molecule has 0 saturated carbocycles. The molecule has 1 N–H and O–H groups in total. The number of aliphatic hydroxyl groups is 1. The monoisotopic (exact) mass is 264 g/mol. The molecule has 1 aromatic carbocycles. The number of nitrogens with zero attached hydrogens (tertiary/aromatic N) is 2. The first-order chi connectivity index (χ1) is 9.17. The Bertz CT molecular complexity index is 443. The van der Waals surface area contributed by atoms with Crippen molar-refractivity contribution >= 4 is 0 Å². The Hall–Kier alpha value is -1.77. The third kappa shape index (κ3) is 3.85. The second-order valence-electron chi connectivity index (χ2n) is 4.08. The van der Waals surface area contributed by atoms with Crippen LogP contribution in [0, 0.1) is 11.3 Å². The Morgan fingerprint density at radius 2 is 2.16 bits per heavy atom. The Kier molecular flexibility index (Phi) is 6.13. The highest BCUT2D eigenvalue weighted by molar-refractivity contribution is 5.44. The summed E-state index contributed by atoms with van der Waals surface area (Å²) in [5.41, 5.74) is 0.822. The van der Waals surface area contributed by atoms with Crippen molar-refractivity contribution in [1.29, 1.82) is 5.26 Å². The maximum atomic E-state index is 9.28. The maximum Gasteiger partial charge on any atom is 0.161 e. The number of methoxy groups -OCH3 is 1. The molecular formula is C14H20N2O3. The summed E-state index contributed by atoms with van der Waals surface area (Å²) in [6.45, 7) is 2.88. The van der Waals surface area contributed by atoms with Crippen LogP contribution in [0.1, 0.15) is 18.5 Å². The van der Waals surface area contributed by atoms with Crippen LogP contribution in [0.25, 0.3) is 0 Å². The molecule has 1 aromatic rings. The van der Waals surface area contributed by atoms with Crippen molar-refractivity contribution in [3.63, 3.8) is 0 Å². The van der Waals surface area contributed by atoms with Crippen molar-refractivity contribution < 1.29 is 14.6 Å². The Balaban J connectivity index is 3.05. The minimum absolute atomic E-state index is 0.0170. The van der Waals surface area contributed by atoms with E-state index < -0.39 is 6.04 Å². The third-order valence-corrected chi connectivity index (χ3v) is 2.82. The highest BCUT2D eigenvalue weighted by Gasteiger charge is 2.18. The molecular weight excluding hydrogens is 244 g/mol. The molecule has 0 heterocycles. The fourth-order valence-corrected chi connectivity index (χ4v) is 1.85. The molecule has 1 atom stereocenters. The first kappa shape index (κ1) is 15.3. The van der Waals surface area contributed by atoms with Gasteiger partial charge in [-0.3, -0.25) is 4.90 Å². The van der Waals surface area contributed by atoms with Gasteiger partial charge in [0.25, 0.3) is 0 Å². The third-order valence-electron chi connectivity index (χ3n) is 2.82. The molecule has 0 radical (unpaired) electrons. The van der Waals surface area contributed by atoms with Crippen LogP contribution in [0.4, 0.5) is 0 Å². The van der Waals surface area contributed by atoms with Gasteiger partial charge in [-0.1, -0.05) is 6.07 Å². The van der Waals surface area contributed by atoms with Crippen LogP contribution >= 0.6 is 0 Å².